The topological polar surface area (TPSA) is 32.7 Å². The summed E-state index contributed by atoms with van der Waals surface area (Å²) in [5, 5.41) is 0. The van der Waals surface area contributed by atoms with Crippen LogP contribution < -0.4 is 4.90 Å². The van der Waals surface area contributed by atoms with Crippen molar-refractivity contribution >= 4 is 39.4 Å². The Morgan fingerprint density at radius 1 is 0.926 bits per heavy atom. The van der Waals surface area contributed by atoms with Crippen LogP contribution in [-0.2, 0) is 4.79 Å². The highest BCUT2D eigenvalue weighted by Crippen LogP contribution is 2.28. The van der Waals surface area contributed by atoms with Gasteiger partial charge in [-0.15, -0.1) is 0 Å². The van der Waals surface area contributed by atoms with E-state index < -0.39 is 0 Å². The number of hydrogen-bond acceptors (Lipinski definition) is 2. The molecule has 1 amide bonds. The first-order chi connectivity index (χ1) is 13.1. The molecule has 0 aliphatic carbocycles. The van der Waals surface area contributed by atoms with Gasteiger partial charge in [-0.1, -0.05) is 46.3 Å². The predicted molar refractivity (Wildman–Crippen MR) is 109 cm³/mol. The highest BCUT2D eigenvalue weighted by molar-refractivity contribution is 9.10. The summed E-state index contributed by atoms with van der Waals surface area (Å²) in [5.74, 6) is -0.0761. The highest BCUT2D eigenvalue weighted by atomic mass is 79.9. The van der Waals surface area contributed by atoms with Crippen LogP contribution in [0.15, 0.2) is 94.0 Å². The van der Waals surface area contributed by atoms with Gasteiger partial charge in [-0.05, 0) is 60.2 Å². The van der Waals surface area contributed by atoms with E-state index in [0.29, 0.717) is 22.8 Å². The van der Waals surface area contributed by atoms with Crippen molar-refractivity contribution in [2.75, 3.05) is 4.90 Å². The summed E-state index contributed by atoms with van der Waals surface area (Å²) in [4.78, 5) is 19.2. The van der Waals surface area contributed by atoms with E-state index in [1.165, 1.54) is 12.1 Å². The van der Waals surface area contributed by atoms with E-state index >= 15 is 0 Å². The van der Waals surface area contributed by atoms with Crippen LogP contribution in [0.25, 0.3) is 6.08 Å². The van der Waals surface area contributed by atoms with E-state index in [4.69, 9.17) is 0 Å². The molecule has 0 fully saturated rings. The molecule has 4 rings (SSSR count). The first-order valence-electron chi connectivity index (χ1n) is 8.33. The van der Waals surface area contributed by atoms with Crippen LogP contribution in [0.3, 0.4) is 0 Å². The van der Waals surface area contributed by atoms with Gasteiger partial charge in [0.15, 0.2) is 0 Å². The Morgan fingerprint density at radius 2 is 1.67 bits per heavy atom. The molecule has 0 radical (unpaired) electrons. The number of para-hydroxylation sites is 1. The summed E-state index contributed by atoms with van der Waals surface area (Å²) in [6.07, 6.45) is 1.75. The Balaban J connectivity index is 1.82. The van der Waals surface area contributed by atoms with Crippen molar-refractivity contribution < 1.29 is 9.18 Å². The maximum atomic E-state index is 13.3. The summed E-state index contributed by atoms with van der Waals surface area (Å²) < 4.78 is 14.3. The minimum Gasteiger partial charge on any atom is -0.266 e. The molecule has 0 N–H and O–H groups in total. The second kappa shape index (κ2) is 7.29. The average Bonchev–Trinajstić information content (AvgIpc) is 2.99. The Labute approximate surface area is 164 Å². The van der Waals surface area contributed by atoms with E-state index in [1.54, 1.807) is 23.1 Å². The molecule has 0 atom stereocenters. The number of amides is 1. The van der Waals surface area contributed by atoms with Crippen molar-refractivity contribution in [1.29, 1.82) is 0 Å². The Kier molecular flexibility index (Phi) is 4.69. The molecule has 27 heavy (non-hydrogen) atoms. The molecule has 3 aromatic carbocycles. The molecule has 3 aromatic rings. The van der Waals surface area contributed by atoms with Gasteiger partial charge < -0.3 is 0 Å². The predicted octanol–water partition coefficient (Wildman–Crippen LogP) is 5.42. The molecule has 1 aliphatic heterocycles. The van der Waals surface area contributed by atoms with Crippen LogP contribution >= 0.6 is 15.9 Å². The van der Waals surface area contributed by atoms with Crippen LogP contribution in [0.2, 0.25) is 0 Å². The summed E-state index contributed by atoms with van der Waals surface area (Å²) in [5.41, 5.74) is 2.58. The number of carbonyl (C=O) groups excluding carboxylic acids is 1. The van der Waals surface area contributed by atoms with Gasteiger partial charge in [-0.3, -0.25) is 9.69 Å². The van der Waals surface area contributed by atoms with Gasteiger partial charge >= 0.3 is 0 Å². The number of carbonyl (C=O) groups is 1. The summed E-state index contributed by atoms with van der Waals surface area (Å²) in [6.45, 7) is 0. The van der Waals surface area contributed by atoms with Gasteiger partial charge in [0.25, 0.3) is 5.91 Å². The molecule has 0 aromatic heterocycles. The lowest BCUT2D eigenvalue weighted by Gasteiger charge is -2.18. The van der Waals surface area contributed by atoms with E-state index in [1.807, 2.05) is 54.6 Å². The summed E-state index contributed by atoms with van der Waals surface area (Å²) in [7, 11) is 0. The van der Waals surface area contributed by atoms with E-state index in [9.17, 15) is 9.18 Å². The maximum absolute atomic E-state index is 13.3. The number of hydrogen-bond donors (Lipinski definition) is 0. The Morgan fingerprint density at radius 3 is 2.37 bits per heavy atom. The van der Waals surface area contributed by atoms with Gasteiger partial charge in [0.2, 0.25) is 0 Å². The Hall–Kier alpha value is -3.05. The van der Waals surface area contributed by atoms with Crippen molar-refractivity contribution in [2.24, 2.45) is 4.99 Å². The van der Waals surface area contributed by atoms with Gasteiger partial charge in [-0.2, -0.15) is 0 Å². The third-order valence-corrected chi connectivity index (χ3v) is 4.62. The average molecular weight is 421 g/mol. The van der Waals surface area contributed by atoms with Crippen molar-refractivity contribution in [3.05, 3.63) is 106 Å². The maximum Gasteiger partial charge on any atom is 0.282 e. The number of benzene rings is 3. The zero-order chi connectivity index (χ0) is 18.8. The van der Waals surface area contributed by atoms with E-state index in [-0.39, 0.29) is 11.7 Å². The monoisotopic (exact) mass is 420 g/mol. The molecular formula is C22H14BrFN2O. The van der Waals surface area contributed by atoms with Crippen LogP contribution in [0.1, 0.15) is 11.1 Å². The molecule has 5 heteroatoms. The first-order valence-corrected chi connectivity index (χ1v) is 9.12. The Bertz CT molecular complexity index is 1060. The van der Waals surface area contributed by atoms with Crippen molar-refractivity contribution in [3.63, 3.8) is 0 Å². The second-order valence-corrected chi connectivity index (χ2v) is 6.92. The number of nitrogens with zero attached hydrogens (tertiary/aromatic N) is 2. The molecule has 0 spiro atoms. The fourth-order valence-electron chi connectivity index (χ4n) is 2.88. The minimum atomic E-state index is -0.333. The summed E-state index contributed by atoms with van der Waals surface area (Å²) in [6, 6.07) is 22.9. The standard InChI is InChI=1S/C22H14BrFN2O/c23-17-6-4-5-15(13-17)14-20-22(27)26(19-7-2-1-3-8-19)21(25-20)16-9-11-18(24)12-10-16/h1-14H/b20-14+. The smallest absolute Gasteiger partial charge is 0.266 e. The molecular weight excluding hydrogens is 407 g/mol. The molecule has 0 saturated heterocycles. The van der Waals surface area contributed by atoms with Crippen LogP contribution in [0.5, 0.6) is 0 Å². The lowest BCUT2D eigenvalue weighted by atomic mass is 10.1. The van der Waals surface area contributed by atoms with E-state index in [0.717, 1.165) is 10.0 Å². The van der Waals surface area contributed by atoms with Gasteiger partial charge in [0, 0.05) is 10.0 Å². The van der Waals surface area contributed by atoms with E-state index in [2.05, 4.69) is 20.9 Å². The van der Waals surface area contributed by atoms with Crippen LogP contribution in [0, 0.1) is 5.82 Å². The molecule has 0 saturated carbocycles. The normalized spacial score (nSPS) is 15.3. The zero-order valence-electron chi connectivity index (χ0n) is 14.1. The van der Waals surface area contributed by atoms with Crippen molar-refractivity contribution in [1.82, 2.24) is 0 Å². The molecule has 0 bridgehead atoms. The van der Waals surface area contributed by atoms with Gasteiger partial charge in [0.1, 0.15) is 17.3 Å². The third kappa shape index (κ3) is 3.59. The van der Waals surface area contributed by atoms with Crippen molar-refractivity contribution in [2.45, 2.75) is 0 Å². The lowest BCUT2D eigenvalue weighted by molar-refractivity contribution is -0.113. The quantitative estimate of drug-likeness (QED) is 0.520. The fourth-order valence-corrected chi connectivity index (χ4v) is 3.30. The first kappa shape index (κ1) is 17.4. The SMILES string of the molecule is O=C1/C(=C\c2cccc(Br)c2)N=C(c2ccc(F)cc2)N1c1ccccc1. The number of amidine groups is 1. The largest absolute Gasteiger partial charge is 0.282 e. The van der Waals surface area contributed by atoms with Crippen molar-refractivity contribution in [3.8, 4) is 0 Å². The number of aliphatic imine (C=N–C) groups is 1. The van der Waals surface area contributed by atoms with Gasteiger partial charge in [-0.25, -0.2) is 9.38 Å². The molecule has 1 heterocycles. The van der Waals surface area contributed by atoms with Gasteiger partial charge in [0.05, 0.1) is 5.69 Å². The zero-order valence-corrected chi connectivity index (χ0v) is 15.7. The van der Waals surface area contributed by atoms with Crippen LogP contribution in [-0.4, -0.2) is 11.7 Å². The lowest BCUT2D eigenvalue weighted by Crippen LogP contribution is -2.32. The third-order valence-electron chi connectivity index (χ3n) is 4.13. The molecule has 132 valence electrons. The fraction of sp³-hybridized carbons (Fsp3) is 0. The van der Waals surface area contributed by atoms with Crippen LogP contribution in [0.4, 0.5) is 10.1 Å². The second-order valence-electron chi connectivity index (χ2n) is 6.00. The number of halogens is 2. The molecule has 0 unspecified atom stereocenters. The summed E-state index contributed by atoms with van der Waals surface area (Å²) >= 11 is 3.43. The highest BCUT2D eigenvalue weighted by Gasteiger charge is 2.32. The molecule has 1 aliphatic rings. The number of anilines is 1. The minimum absolute atomic E-state index is 0.222. The number of rotatable bonds is 3. The molecule has 3 nitrogen and oxygen atoms in total.